The summed E-state index contributed by atoms with van der Waals surface area (Å²) in [6, 6.07) is 6.54. The summed E-state index contributed by atoms with van der Waals surface area (Å²) in [6.07, 6.45) is 3.86. The van der Waals surface area contributed by atoms with E-state index in [1.807, 2.05) is 32.2 Å². The van der Waals surface area contributed by atoms with Crippen LogP contribution in [0.2, 0.25) is 0 Å². The molecule has 1 atom stereocenters. The highest BCUT2D eigenvalue weighted by atomic mass is 15.5. The number of rotatable bonds is 5. The molecule has 0 aliphatic carbocycles. The zero-order valence-electron chi connectivity index (χ0n) is 16.4. The number of H-pyrrole nitrogens is 1. The predicted molar refractivity (Wildman–Crippen MR) is 106 cm³/mol. The smallest absolute Gasteiger partial charge is 0.225 e. The Kier molecular flexibility index (Phi) is 5.25. The molecule has 0 radical (unpaired) electrons. The van der Waals surface area contributed by atoms with Gasteiger partial charge < -0.3 is 10.2 Å². The number of nitrogens with zero attached hydrogens (tertiary/aromatic N) is 7. The van der Waals surface area contributed by atoms with Crippen LogP contribution in [0, 0.1) is 13.8 Å². The molecule has 9 nitrogen and oxygen atoms in total. The molecule has 3 aromatic rings. The van der Waals surface area contributed by atoms with E-state index in [-0.39, 0.29) is 6.04 Å². The van der Waals surface area contributed by atoms with Gasteiger partial charge in [-0.05, 0) is 51.8 Å². The van der Waals surface area contributed by atoms with Crippen LogP contribution in [0.4, 0.5) is 5.95 Å². The van der Waals surface area contributed by atoms with Crippen LogP contribution in [0.3, 0.4) is 0 Å². The van der Waals surface area contributed by atoms with E-state index in [9.17, 15) is 0 Å². The standard InChI is InChI=1S/C19H25N9/c1-12-4-5-16(13(2)21-12)17-6-9-20-19(23-17)28-10-7-15(8-11-28)22-14(3)18-24-26-27-25-18/h4-6,9,14-15,22H,7-8,10-11H2,1-3H3,(H,24,25,26,27)/t14-/m1/s1. The topological polar surface area (TPSA) is 108 Å². The first-order chi connectivity index (χ1) is 13.6. The second-order valence-corrected chi connectivity index (χ2v) is 7.25. The van der Waals surface area contributed by atoms with E-state index in [0.29, 0.717) is 11.9 Å². The maximum atomic E-state index is 4.81. The average Bonchev–Trinajstić information content (AvgIpc) is 3.24. The summed E-state index contributed by atoms with van der Waals surface area (Å²) in [7, 11) is 0. The minimum atomic E-state index is 0.0758. The van der Waals surface area contributed by atoms with Crippen molar-refractivity contribution in [1.29, 1.82) is 0 Å². The van der Waals surface area contributed by atoms with E-state index >= 15 is 0 Å². The van der Waals surface area contributed by atoms with Crippen molar-refractivity contribution in [2.45, 2.75) is 45.7 Å². The first-order valence-electron chi connectivity index (χ1n) is 9.62. The van der Waals surface area contributed by atoms with Crippen molar-refractivity contribution in [1.82, 2.24) is 40.9 Å². The van der Waals surface area contributed by atoms with Crippen molar-refractivity contribution in [3.8, 4) is 11.3 Å². The normalized spacial score (nSPS) is 16.3. The van der Waals surface area contributed by atoms with Gasteiger partial charge in [0.2, 0.25) is 5.95 Å². The maximum Gasteiger partial charge on any atom is 0.225 e. The van der Waals surface area contributed by atoms with Gasteiger partial charge in [0.15, 0.2) is 5.82 Å². The zero-order chi connectivity index (χ0) is 19.5. The van der Waals surface area contributed by atoms with Gasteiger partial charge in [-0.1, -0.05) is 5.21 Å². The lowest BCUT2D eigenvalue weighted by Crippen LogP contribution is -2.44. The predicted octanol–water partition coefficient (Wildman–Crippen LogP) is 1.99. The van der Waals surface area contributed by atoms with Gasteiger partial charge in [-0.15, -0.1) is 10.2 Å². The van der Waals surface area contributed by atoms with Crippen LogP contribution in [0.1, 0.15) is 43.0 Å². The van der Waals surface area contributed by atoms with E-state index in [2.05, 4.69) is 53.8 Å². The lowest BCUT2D eigenvalue weighted by atomic mass is 10.0. The van der Waals surface area contributed by atoms with Crippen LogP contribution in [0.5, 0.6) is 0 Å². The lowest BCUT2D eigenvalue weighted by Gasteiger charge is -2.33. The van der Waals surface area contributed by atoms with Crippen LogP contribution in [-0.4, -0.2) is 54.7 Å². The molecule has 0 saturated carbocycles. The van der Waals surface area contributed by atoms with Crippen molar-refractivity contribution in [3.05, 3.63) is 41.6 Å². The first-order valence-corrected chi connectivity index (χ1v) is 9.62. The molecule has 146 valence electrons. The lowest BCUT2D eigenvalue weighted by molar-refractivity contribution is 0.372. The molecule has 0 aromatic carbocycles. The van der Waals surface area contributed by atoms with Crippen LogP contribution in [0.25, 0.3) is 11.3 Å². The Morgan fingerprint density at radius 3 is 2.68 bits per heavy atom. The van der Waals surface area contributed by atoms with E-state index in [1.165, 1.54) is 0 Å². The third-order valence-electron chi connectivity index (χ3n) is 5.16. The minimum absolute atomic E-state index is 0.0758. The quantitative estimate of drug-likeness (QED) is 0.693. The third-order valence-corrected chi connectivity index (χ3v) is 5.16. The molecule has 2 N–H and O–H groups in total. The highest BCUT2D eigenvalue weighted by Crippen LogP contribution is 2.24. The molecule has 0 bridgehead atoms. The average molecular weight is 379 g/mol. The van der Waals surface area contributed by atoms with Crippen molar-refractivity contribution < 1.29 is 0 Å². The summed E-state index contributed by atoms with van der Waals surface area (Å²) in [4.78, 5) is 16.1. The van der Waals surface area contributed by atoms with Gasteiger partial charge >= 0.3 is 0 Å². The summed E-state index contributed by atoms with van der Waals surface area (Å²) >= 11 is 0. The Bertz CT molecular complexity index is 917. The van der Waals surface area contributed by atoms with Gasteiger partial charge in [-0.25, -0.2) is 9.97 Å². The fourth-order valence-electron chi connectivity index (χ4n) is 3.64. The molecule has 9 heteroatoms. The molecule has 1 aliphatic heterocycles. The molecule has 1 aliphatic rings. The monoisotopic (exact) mass is 379 g/mol. The van der Waals surface area contributed by atoms with E-state index in [4.69, 9.17) is 4.98 Å². The second-order valence-electron chi connectivity index (χ2n) is 7.25. The number of aryl methyl sites for hydroxylation is 2. The number of hydrogen-bond acceptors (Lipinski definition) is 8. The highest BCUT2D eigenvalue weighted by Gasteiger charge is 2.23. The molecular weight excluding hydrogens is 354 g/mol. The van der Waals surface area contributed by atoms with Gasteiger partial charge in [0.1, 0.15) is 0 Å². The summed E-state index contributed by atoms with van der Waals surface area (Å²) in [5.41, 5.74) is 3.98. The maximum absolute atomic E-state index is 4.81. The van der Waals surface area contributed by atoms with Gasteiger partial charge in [0.25, 0.3) is 0 Å². The number of aromatic amines is 1. The van der Waals surface area contributed by atoms with Crippen LogP contribution in [0.15, 0.2) is 24.4 Å². The Balaban J connectivity index is 1.41. The molecule has 0 spiro atoms. The van der Waals surface area contributed by atoms with Gasteiger partial charge in [-0.2, -0.15) is 5.21 Å². The number of pyridine rings is 1. The number of piperidine rings is 1. The van der Waals surface area contributed by atoms with Gasteiger partial charge in [-0.3, -0.25) is 4.98 Å². The van der Waals surface area contributed by atoms with E-state index in [0.717, 1.165) is 54.5 Å². The molecule has 0 amide bonds. The van der Waals surface area contributed by atoms with Crippen LogP contribution in [-0.2, 0) is 0 Å². The van der Waals surface area contributed by atoms with Crippen molar-refractivity contribution in [2.24, 2.45) is 0 Å². The summed E-state index contributed by atoms with van der Waals surface area (Å²) in [6.45, 7) is 7.89. The number of anilines is 1. The van der Waals surface area contributed by atoms with Gasteiger partial charge in [0, 0.05) is 42.3 Å². The summed E-state index contributed by atoms with van der Waals surface area (Å²) in [5, 5.41) is 17.8. The van der Waals surface area contributed by atoms with Crippen molar-refractivity contribution in [3.63, 3.8) is 0 Å². The molecule has 3 aromatic heterocycles. The highest BCUT2D eigenvalue weighted by molar-refractivity contribution is 5.62. The van der Waals surface area contributed by atoms with Crippen LogP contribution >= 0.6 is 0 Å². The fraction of sp³-hybridized carbons (Fsp3) is 0.474. The largest absolute Gasteiger partial charge is 0.341 e. The van der Waals surface area contributed by atoms with E-state index < -0.39 is 0 Å². The SMILES string of the molecule is Cc1ccc(-c2ccnc(N3CCC(N[C@H](C)c4nn[nH]n4)CC3)n2)c(C)n1. The molecule has 1 fully saturated rings. The Hall–Kier alpha value is -2.94. The van der Waals surface area contributed by atoms with Crippen molar-refractivity contribution in [2.75, 3.05) is 18.0 Å². The molecule has 1 saturated heterocycles. The zero-order valence-corrected chi connectivity index (χ0v) is 16.4. The Morgan fingerprint density at radius 2 is 1.96 bits per heavy atom. The van der Waals surface area contributed by atoms with Crippen molar-refractivity contribution >= 4 is 5.95 Å². The van der Waals surface area contributed by atoms with Crippen LogP contribution < -0.4 is 10.2 Å². The number of aromatic nitrogens is 7. The Labute approximate surface area is 164 Å². The molecule has 4 rings (SSSR count). The summed E-state index contributed by atoms with van der Waals surface area (Å²) < 4.78 is 0. The third kappa shape index (κ3) is 3.99. The second kappa shape index (κ2) is 7.97. The summed E-state index contributed by atoms with van der Waals surface area (Å²) in [5.74, 6) is 1.47. The fourth-order valence-corrected chi connectivity index (χ4v) is 3.64. The minimum Gasteiger partial charge on any atom is -0.341 e. The molecule has 0 unspecified atom stereocenters. The van der Waals surface area contributed by atoms with E-state index in [1.54, 1.807) is 0 Å². The first kappa shape index (κ1) is 18.4. The van der Waals surface area contributed by atoms with Gasteiger partial charge in [0.05, 0.1) is 11.7 Å². The Morgan fingerprint density at radius 1 is 1.14 bits per heavy atom. The number of tetrazole rings is 1. The number of hydrogen-bond donors (Lipinski definition) is 2. The number of nitrogens with one attached hydrogen (secondary N) is 2. The molecule has 28 heavy (non-hydrogen) atoms. The molecular formula is C19H25N9. The molecule has 4 heterocycles.